The van der Waals surface area contributed by atoms with Crippen LogP contribution in [-0.4, -0.2) is 23.6 Å². The summed E-state index contributed by atoms with van der Waals surface area (Å²) in [7, 11) is 0. The molecule has 138 valence electrons. The molecule has 5 nitrogen and oxygen atoms in total. The van der Waals surface area contributed by atoms with Gasteiger partial charge in [-0.3, -0.25) is 9.59 Å². The highest BCUT2D eigenvalue weighted by Gasteiger charge is 2.18. The van der Waals surface area contributed by atoms with Crippen LogP contribution >= 0.6 is 11.6 Å². The molecular formula is C19H19ClFNO4. The average molecular weight is 380 g/mol. The predicted molar refractivity (Wildman–Crippen MR) is 97.5 cm³/mol. The maximum atomic E-state index is 14.0. The zero-order chi connectivity index (χ0) is 19.1. The summed E-state index contributed by atoms with van der Waals surface area (Å²) in [6.45, 7) is 2.39. The van der Waals surface area contributed by atoms with Gasteiger partial charge in [-0.2, -0.15) is 0 Å². The minimum absolute atomic E-state index is 0.000517. The number of carboxylic acids is 1. The third kappa shape index (κ3) is 5.20. The summed E-state index contributed by atoms with van der Waals surface area (Å²) in [6, 6.07) is 9.01. The number of benzene rings is 2. The maximum Gasteiger partial charge on any atom is 0.303 e. The van der Waals surface area contributed by atoms with Crippen LogP contribution < -0.4 is 10.1 Å². The van der Waals surface area contributed by atoms with E-state index in [1.165, 1.54) is 12.1 Å². The summed E-state index contributed by atoms with van der Waals surface area (Å²) >= 11 is 5.93. The van der Waals surface area contributed by atoms with Gasteiger partial charge in [0.05, 0.1) is 22.9 Å². The third-order valence-corrected chi connectivity index (χ3v) is 3.89. The lowest BCUT2D eigenvalue weighted by Crippen LogP contribution is -2.15. The molecule has 2 aromatic rings. The van der Waals surface area contributed by atoms with Crippen molar-refractivity contribution in [2.24, 2.45) is 0 Å². The highest BCUT2D eigenvalue weighted by molar-refractivity contribution is 6.34. The fraction of sp³-hybridized carbons (Fsp3) is 0.263. The van der Waals surface area contributed by atoms with Crippen LogP contribution in [0.2, 0.25) is 5.02 Å². The van der Waals surface area contributed by atoms with Gasteiger partial charge in [-0.25, -0.2) is 4.39 Å². The van der Waals surface area contributed by atoms with Gasteiger partial charge in [-0.05, 0) is 42.7 Å². The number of aryl methyl sites for hydroxylation is 1. The molecule has 2 aromatic carbocycles. The van der Waals surface area contributed by atoms with Crippen molar-refractivity contribution in [3.63, 3.8) is 0 Å². The first-order valence-electron chi connectivity index (χ1n) is 8.15. The van der Waals surface area contributed by atoms with E-state index in [0.29, 0.717) is 30.0 Å². The first-order chi connectivity index (χ1) is 12.4. The van der Waals surface area contributed by atoms with E-state index < -0.39 is 17.7 Å². The van der Waals surface area contributed by atoms with Crippen LogP contribution in [0.3, 0.4) is 0 Å². The number of carbonyl (C=O) groups excluding carboxylic acids is 1. The van der Waals surface area contributed by atoms with Gasteiger partial charge in [-0.1, -0.05) is 30.7 Å². The summed E-state index contributed by atoms with van der Waals surface area (Å²) in [5, 5.41) is 11.4. The third-order valence-electron chi connectivity index (χ3n) is 3.57. The van der Waals surface area contributed by atoms with Crippen molar-refractivity contribution in [2.75, 3.05) is 11.9 Å². The number of hydrogen-bond donors (Lipinski definition) is 2. The second-order valence-electron chi connectivity index (χ2n) is 5.62. The Kier molecular flexibility index (Phi) is 6.97. The summed E-state index contributed by atoms with van der Waals surface area (Å²) in [5.41, 5.74) is 0.795. The highest BCUT2D eigenvalue weighted by Crippen LogP contribution is 2.28. The molecule has 0 atom stereocenters. The average Bonchev–Trinajstić information content (AvgIpc) is 2.59. The van der Waals surface area contributed by atoms with Crippen LogP contribution in [0.4, 0.5) is 10.1 Å². The molecule has 0 bridgehead atoms. The Labute approximate surface area is 155 Å². The van der Waals surface area contributed by atoms with Crippen LogP contribution in [-0.2, 0) is 11.2 Å². The summed E-state index contributed by atoms with van der Waals surface area (Å²) in [6.07, 6.45) is 1.03. The number of nitrogens with one attached hydrogen (secondary N) is 1. The van der Waals surface area contributed by atoms with Crippen LogP contribution in [0.1, 0.15) is 35.7 Å². The second-order valence-corrected chi connectivity index (χ2v) is 6.03. The van der Waals surface area contributed by atoms with Crippen molar-refractivity contribution >= 4 is 29.2 Å². The van der Waals surface area contributed by atoms with Gasteiger partial charge in [0.15, 0.2) is 0 Å². The smallest absolute Gasteiger partial charge is 0.303 e. The molecule has 0 unspecified atom stereocenters. The Bertz CT molecular complexity index is 790. The van der Waals surface area contributed by atoms with Crippen LogP contribution in [0.5, 0.6) is 5.75 Å². The molecule has 7 heteroatoms. The Hall–Kier alpha value is -2.60. The van der Waals surface area contributed by atoms with Crippen molar-refractivity contribution in [1.82, 2.24) is 0 Å². The van der Waals surface area contributed by atoms with Crippen molar-refractivity contribution in [3.05, 3.63) is 58.4 Å². The molecule has 26 heavy (non-hydrogen) atoms. The Morgan fingerprint density at radius 2 is 2.04 bits per heavy atom. The number of amides is 1. The van der Waals surface area contributed by atoms with Gasteiger partial charge in [-0.15, -0.1) is 0 Å². The van der Waals surface area contributed by atoms with Gasteiger partial charge in [0.25, 0.3) is 5.91 Å². The summed E-state index contributed by atoms with van der Waals surface area (Å²) in [4.78, 5) is 23.2. The van der Waals surface area contributed by atoms with Crippen LogP contribution in [0, 0.1) is 5.82 Å². The quantitative estimate of drug-likeness (QED) is 0.706. The minimum atomic E-state index is -0.917. The molecule has 1 amide bonds. The zero-order valence-electron chi connectivity index (χ0n) is 14.2. The molecule has 0 fully saturated rings. The standard InChI is InChI=1S/C19H19ClFNO4/c1-2-10-26-16-8-6-12(7-9-17(23)24)11-15(16)22-19(25)18-13(20)4-3-5-14(18)21/h3-6,8,11H,2,7,9-10H2,1H3,(H,22,25)(H,23,24). The lowest BCUT2D eigenvalue weighted by molar-refractivity contribution is -0.136. The molecule has 0 aliphatic carbocycles. The number of anilines is 1. The first-order valence-corrected chi connectivity index (χ1v) is 8.53. The van der Waals surface area contributed by atoms with E-state index in [0.717, 1.165) is 12.5 Å². The predicted octanol–water partition coefficient (Wildman–Crippen LogP) is 4.54. The molecule has 0 saturated heterocycles. The molecule has 0 aliphatic rings. The number of halogens is 2. The Balaban J connectivity index is 2.30. The molecule has 0 saturated carbocycles. The molecule has 0 aliphatic heterocycles. The van der Waals surface area contributed by atoms with E-state index >= 15 is 0 Å². The lowest BCUT2D eigenvalue weighted by atomic mass is 10.1. The van der Waals surface area contributed by atoms with Crippen LogP contribution in [0.25, 0.3) is 0 Å². The van der Waals surface area contributed by atoms with Gasteiger partial charge < -0.3 is 15.2 Å². The number of ether oxygens (including phenoxy) is 1. The van der Waals surface area contributed by atoms with Crippen LogP contribution in [0.15, 0.2) is 36.4 Å². The maximum absolute atomic E-state index is 14.0. The van der Waals surface area contributed by atoms with E-state index in [9.17, 15) is 14.0 Å². The fourth-order valence-corrected chi connectivity index (χ4v) is 2.57. The molecule has 0 aromatic heterocycles. The van der Waals surface area contributed by atoms with E-state index in [4.69, 9.17) is 21.4 Å². The number of aliphatic carboxylic acids is 1. The number of hydrogen-bond acceptors (Lipinski definition) is 3. The molecule has 0 radical (unpaired) electrons. The Morgan fingerprint density at radius 3 is 2.69 bits per heavy atom. The fourth-order valence-electron chi connectivity index (χ4n) is 2.32. The largest absolute Gasteiger partial charge is 0.491 e. The van der Waals surface area contributed by atoms with Crippen molar-refractivity contribution < 1.29 is 23.8 Å². The Morgan fingerprint density at radius 1 is 1.27 bits per heavy atom. The molecule has 0 spiro atoms. The normalized spacial score (nSPS) is 10.4. The highest BCUT2D eigenvalue weighted by atomic mass is 35.5. The van der Waals surface area contributed by atoms with E-state index in [1.807, 2.05) is 6.92 Å². The van der Waals surface area contributed by atoms with Gasteiger partial charge in [0.1, 0.15) is 11.6 Å². The SMILES string of the molecule is CCCOc1ccc(CCC(=O)O)cc1NC(=O)c1c(F)cccc1Cl. The van der Waals surface area contributed by atoms with Gasteiger partial charge in [0.2, 0.25) is 0 Å². The van der Waals surface area contributed by atoms with E-state index in [1.54, 1.807) is 18.2 Å². The van der Waals surface area contributed by atoms with Gasteiger partial charge in [0, 0.05) is 6.42 Å². The zero-order valence-corrected chi connectivity index (χ0v) is 15.0. The second kappa shape index (κ2) is 9.20. The molecular weight excluding hydrogens is 361 g/mol. The van der Waals surface area contributed by atoms with Crippen molar-refractivity contribution in [1.29, 1.82) is 0 Å². The van der Waals surface area contributed by atoms with Crippen molar-refractivity contribution in [2.45, 2.75) is 26.2 Å². The number of carbonyl (C=O) groups is 2. The topological polar surface area (TPSA) is 75.6 Å². The molecule has 2 rings (SSSR count). The number of carboxylic acid groups (broad SMARTS) is 1. The lowest BCUT2D eigenvalue weighted by Gasteiger charge is -2.14. The first kappa shape index (κ1) is 19.7. The number of rotatable bonds is 8. The van der Waals surface area contributed by atoms with E-state index in [2.05, 4.69) is 5.32 Å². The molecule has 0 heterocycles. The minimum Gasteiger partial charge on any atom is -0.491 e. The van der Waals surface area contributed by atoms with Crippen molar-refractivity contribution in [3.8, 4) is 5.75 Å². The monoisotopic (exact) mass is 379 g/mol. The summed E-state index contributed by atoms with van der Waals surface area (Å²) < 4.78 is 19.6. The summed E-state index contributed by atoms with van der Waals surface area (Å²) in [5.74, 6) is -1.93. The molecule has 2 N–H and O–H groups in total. The van der Waals surface area contributed by atoms with Gasteiger partial charge >= 0.3 is 5.97 Å². The van der Waals surface area contributed by atoms with E-state index in [-0.39, 0.29) is 17.0 Å².